The van der Waals surface area contributed by atoms with Crippen LogP contribution < -0.4 is 4.74 Å². The number of hydrogen-bond donors (Lipinski definition) is 0. The van der Waals surface area contributed by atoms with Crippen LogP contribution in [0.1, 0.15) is 77.1 Å². The molecule has 2 heterocycles. The van der Waals surface area contributed by atoms with Crippen molar-refractivity contribution in [3.05, 3.63) is 123 Å². The van der Waals surface area contributed by atoms with Crippen molar-refractivity contribution in [3.8, 4) is 16.9 Å². The van der Waals surface area contributed by atoms with E-state index in [1.54, 1.807) is 0 Å². The molecule has 4 aromatic rings. The molecule has 0 N–H and O–H groups in total. The Bertz CT molecular complexity index is 1500. The van der Waals surface area contributed by atoms with Crippen molar-refractivity contribution < 1.29 is 14.2 Å². The van der Waals surface area contributed by atoms with Crippen LogP contribution in [0.25, 0.3) is 11.1 Å². The number of rotatable bonds is 12. The summed E-state index contributed by atoms with van der Waals surface area (Å²) < 4.78 is 17.5. The molecule has 1 aliphatic carbocycles. The summed E-state index contributed by atoms with van der Waals surface area (Å²) in [6.07, 6.45) is 7.54. The van der Waals surface area contributed by atoms with Crippen molar-refractivity contribution in [2.24, 2.45) is 0 Å². The summed E-state index contributed by atoms with van der Waals surface area (Å²) in [7, 11) is 0. The van der Waals surface area contributed by atoms with E-state index in [2.05, 4.69) is 99.6 Å². The number of aryl methyl sites for hydroxylation is 2. The highest BCUT2D eigenvalue weighted by molar-refractivity contribution is 5.87. The third-order valence-electron chi connectivity index (χ3n) is 9.35. The first-order valence-electron chi connectivity index (χ1n) is 15.9. The molecule has 0 amide bonds. The topological polar surface area (TPSA) is 34.3 Å². The molecule has 3 nitrogen and oxygen atoms in total. The monoisotopic (exact) mass is 558 g/mol. The maximum absolute atomic E-state index is 6.42. The predicted octanol–water partition coefficient (Wildman–Crippen LogP) is 8.51. The number of epoxide rings is 2. The first-order valence-corrected chi connectivity index (χ1v) is 15.9. The molecule has 0 saturated carbocycles. The zero-order valence-electron chi connectivity index (χ0n) is 25.2. The molecule has 2 saturated heterocycles. The Labute approximate surface area is 250 Å². The Morgan fingerprint density at radius 1 is 0.690 bits per heavy atom. The number of hydrogen-bond acceptors (Lipinski definition) is 3. The van der Waals surface area contributed by atoms with Crippen LogP contribution in [-0.4, -0.2) is 32.0 Å². The van der Waals surface area contributed by atoms with Gasteiger partial charge in [0.1, 0.15) is 5.75 Å². The van der Waals surface area contributed by atoms with Gasteiger partial charge in [-0.1, -0.05) is 105 Å². The Morgan fingerprint density at radius 2 is 1.29 bits per heavy atom. The summed E-state index contributed by atoms with van der Waals surface area (Å²) in [5.74, 6) is 1.01. The molecule has 2 atom stereocenters. The van der Waals surface area contributed by atoms with Gasteiger partial charge in [-0.25, -0.2) is 0 Å². The maximum atomic E-state index is 6.42. The smallest absolute Gasteiger partial charge is 0.122 e. The summed E-state index contributed by atoms with van der Waals surface area (Å²) in [5, 5.41) is 0. The van der Waals surface area contributed by atoms with Crippen LogP contribution in [0.5, 0.6) is 5.75 Å². The van der Waals surface area contributed by atoms with Gasteiger partial charge in [0.05, 0.1) is 37.4 Å². The van der Waals surface area contributed by atoms with Crippen LogP contribution in [0, 0.1) is 13.8 Å². The standard InChI is InChI=1S/C39H42O3/c1-4-5-6-7-18-40-38-23-35-34-17-8-26(2)19-36(34)39(37(35)20-27(38)3,30-13-9-28(10-14-30)21-32-24-41-32)31-15-11-29(12-16-31)22-33-25-42-33/h8-17,19-20,23,32-33H,4-7,18,21-22,24-25H2,1-3H3. The van der Waals surface area contributed by atoms with Crippen LogP contribution in [0.15, 0.2) is 78.9 Å². The van der Waals surface area contributed by atoms with Gasteiger partial charge in [0.25, 0.3) is 0 Å². The summed E-state index contributed by atoms with van der Waals surface area (Å²) in [4.78, 5) is 0. The van der Waals surface area contributed by atoms with E-state index in [1.807, 2.05) is 0 Å². The Kier molecular flexibility index (Phi) is 7.42. The van der Waals surface area contributed by atoms with Gasteiger partial charge in [-0.2, -0.15) is 0 Å². The lowest BCUT2D eigenvalue weighted by molar-refractivity contribution is 0.303. The lowest BCUT2D eigenvalue weighted by Crippen LogP contribution is -2.29. The lowest BCUT2D eigenvalue weighted by Gasteiger charge is -2.34. The van der Waals surface area contributed by atoms with Crippen molar-refractivity contribution in [1.29, 1.82) is 0 Å². The average Bonchev–Trinajstić information content (AvgIpc) is 3.94. The van der Waals surface area contributed by atoms with Gasteiger partial charge in [0.15, 0.2) is 0 Å². The highest BCUT2D eigenvalue weighted by atomic mass is 16.6. The van der Waals surface area contributed by atoms with E-state index >= 15 is 0 Å². The van der Waals surface area contributed by atoms with E-state index in [0.717, 1.165) is 44.8 Å². The first-order chi connectivity index (χ1) is 20.6. The molecule has 2 aliphatic heterocycles. The third kappa shape index (κ3) is 5.18. The largest absolute Gasteiger partial charge is 0.493 e. The van der Waals surface area contributed by atoms with Gasteiger partial charge < -0.3 is 14.2 Å². The van der Waals surface area contributed by atoms with Crippen molar-refractivity contribution >= 4 is 0 Å². The Morgan fingerprint density at radius 3 is 1.86 bits per heavy atom. The Hall–Kier alpha value is -3.40. The Balaban J connectivity index is 1.37. The molecule has 0 aromatic heterocycles. The summed E-state index contributed by atoms with van der Waals surface area (Å²) >= 11 is 0. The minimum Gasteiger partial charge on any atom is -0.493 e. The predicted molar refractivity (Wildman–Crippen MR) is 170 cm³/mol. The summed E-state index contributed by atoms with van der Waals surface area (Å²) in [6, 6.07) is 30.4. The van der Waals surface area contributed by atoms with E-state index in [0.29, 0.717) is 12.2 Å². The van der Waals surface area contributed by atoms with E-state index in [4.69, 9.17) is 14.2 Å². The highest BCUT2D eigenvalue weighted by Crippen LogP contribution is 2.57. The van der Waals surface area contributed by atoms with Crippen LogP contribution in [-0.2, 0) is 27.7 Å². The molecule has 2 unspecified atom stereocenters. The summed E-state index contributed by atoms with van der Waals surface area (Å²) in [5.41, 5.74) is 12.6. The summed E-state index contributed by atoms with van der Waals surface area (Å²) in [6.45, 7) is 9.20. The fourth-order valence-electron chi connectivity index (χ4n) is 6.90. The first kappa shape index (κ1) is 27.4. The molecule has 4 aromatic carbocycles. The van der Waals surface area contributed by atoms with Crippen molar-refractivity contribution in [2.75, 3.05) is 19.8 Å². The molecule has 7 rings (SSSR count). The normalized spacial score (nSPS) is 21.6. The van der Waals surface area contributed by atoms with Crippen LogP contribution >= 0.6 is 0 Å². The minimum atomic E-state index is -0.412. The molecule has 3 heteroatoms. The fourth-order valence-corrected chi connectivity index (χ4v) is 6.90. The van der Waals surface area contributed by atoms with E-state index in [9.17, 15) is 0 Å². The molecular weight excluding hydrogens is 516 g/mol. The fraction of sp³-hybridized carbons (Fsp3) is 0.385. The van der Waals surface area contributed by atoms with Gasteiger partial charge >= 0.3 is 0 Å². The van der Waals surface area contributed by atoms with Gasteiger partial charge in [-0.05, 0) is 76.4 Å². The number of benzene rings is 4. The van der Waals surface area contributed by atoms with Crippen LogP contribution in [0.4, 0.5) is 0 Å². The molecule has 216 valence electrons. The van der Waals surface area contributed by atoms with Crippen molar-refractivity contribution in [1.82, 2.24) is 0 Å². The van der Waals surface area contributed by atoms with Gasteiger partial charge in [0, 0.05) is 12.8 Å². The zero-order chi connectivity index (χ0) is 28.7. The zero-order valence-corrected chi connectivity index (χ0v) is 25.2. The van der Waals surface area contributed by atoms with Gasteiger partial charge in [0.2, 0.25) is 0 Å². The second-order valence-electron chi connectivity index (χ2n) is 12.6. The van der Waals surface area contributed by atoms with Crippen molar-refractivity contribution in [2.45, 2.75) is 76.9 Å². The van der Waals surface area contributed by atoms with Crippen LogP contribution in [0.3, 0.4) is 0 Å². The van der Waals surface area contributed by atoms with Gasteiger partial charge in [-0.3, -0.25) is 0 Å². The molecule has 0 spiro atoms. The number of unbranched alkanes of at least 4 members (excludes halogenated alkanes) is 3. The third-order valence-corrected chi connectivity index (χ3v) is 9.35. The number of fused-ring (bicyclic) bond motifs is 3. The second-order valence-corrected chi connectivity index (χ2v) is 12.6. The van der Waals surface area contributed by atoms with E-state index < -0.39 is 5.41 Å². The SMILES string of the molecule is CCCCCCOc1cc2c(cc1C)C(c1ccc(CC3CO3)cc1)(c1ccc(CC3CO3)cc1)c1cc(C)ccc1-2. The molecule has 42 heavy (non-hydrogen) atoms. The van der Waals surface area contributed by atoms with E-state index in [-0.39, 0.29) is 0 Å². The number of ether oxygens (including phenoxy) is 3. The second kappa shape index (κ2) is 11.4. The van der Waals surface area contributed by atoms with Crippen LogP contribution in [0.2, 0.25) is 0 Å². The van der Waals surface area contributed by atoms with Crippen molar-refractivity contribution in [3.63, 3.8) is 0 Å². The van der Waals surface area contributed by atoms with E-state index in [1.165, 1.54) is 74.9 Å². The van der Waals surface area contributed by atoms with Gasteiger partial charge in [-0.15, -0.1) is 0 Å². The molecule has 0 bridgehead atoms. The quantitative estimate of drug-likeness (QED) is 0.114. The average molecular weight is 559 g/mol. The molecule has 2 fully saturated rings. The minimum absolute atomic E-state index is 0.381. The molecule has 0 radical (unpaired) electrons. The highest BCUT2D eigenvalue weighted by Gasteiger charge is 2.46. The molecule has 3 aliphatic rings. The lowest BCUT2D eigenvalue weighted by atomic mass is 9.67. The maximum Gasteiger partial charge on any atom is 0.122 e. The molecular formula is C39H42O3.